The Kier molecular flexibility index (Phi) is 0.592. The molecule has 1 aliphatic rings. The lowest BCUT2D eigenvalue weighted by molar-refractivity contribution is -0.397. The smallest absolute Gasteiger partial charge is 0.250 e. The summed E-state index contributed by atoms with van der Waals surface area (Å²) in [5, 5.41) is 18.6. The number of nitrogens with zero attached hydrogens (tertiary/aromatic N) is 1. The monoisotopic (exact) mass is 99.0 g/mol. The van der Waals surface area contributed by atoms with Crippen LogP contribution in [0.25, 0.3) is 0 Å². The van der Waals surface area contributed by atoms with Crippen molar-refractivity contribution in [3.05, 3.63) is 17.2 Å². The van der Waals surface area contributed by atoms with Crippen molar-refractivity contribution in [1.82, 2.24) is 0 Å². The summed E-state index contributed by atoms with van der Waals surface area (Å²) in [7, 11) is 0. The number of hydrogen-bond donors (Lipinski definition) is 1. The van der Waals surface area contributed by atoms with Crippen molar-refractivity contribution in [2.45, 2.75) is 6.92 Å². The maximum absolute atomic E-state index is 10.1. The molecule has 0 saturated carbocycles. The minimum Gasteiger partial charge on any atom is -0.618 e. The Labute approximate surface area is 40.8 Å². The Morgan fingerprint density at radius 1 is 1.86 bits per heavy atom. The Bertz CT molecular complexity index is 157. The highest BCUT2D eigenvalue weighted by Crippen LogP contribution is 2.02. The third-order valence-corrected chi connectivity index (χ3v) is 0.941. The summed E-state index contributed by atoms with van der Waals surface area (Å²) in [4.78, 5) is 0. The van der Waals surface area contributed by atoms with Crippen molar-refractivity contribution in [1.29, 1.82) is 0 Å². The number of hydroxylamine groups is 1. The summed E-state index contributed by atoms with van der Waals surface area (Å²) in [6, 6.07) is 0. The number of aliphatic hydroxyl groups is 1. The molecule has 0 amide bonds. The lowest BCUT2D eigenvalue weighted by atomic mass is 10.3. The lowest BCUT2D eigenvalue weighted by Crippen LogP contribution is -2.19. The Balaban J connectivity index is 2.73. The molecule has 0 atom stereocenters. The summed E-state index contributed by atoms with van der Waals surface area (Å²) >= 11 is 0. The molecular formula is C4H5NO2. The van der Waals surface area contributed by atoms with E-state index in [1.807, 2.05) is 0 Å². The van der Waals surface area contributed by atoms with Crippen LogP contribution in [0.2, 0.25) is 0 Å². The van der Waals surface area contributed by atoms with E-state index >= 15 is 0 Å². The van der Waals surface area contributed by atoms with Crippen LogP contribution in [0.5, 0.6) is 0 Å². The predicted molar refractivity (Wildman–Crippen MR) is 25.0 cm³/mol. The number of aliphatic hydroxyl groups excluding tert-OH is 1. The molecule has 7 heavy (non-hydrogen) atoms. The molecule has 38 valence electrons. The van der Waals surface area contributed by atoms with Crippen molar-refractivity contribution in [2.24, 2.45) is 0 Å². The van der Waals surface area contributed by atoms with E-state index in [1.54, 1.807) is 6.92 Å². The molecule has 3 heteroatoms. The lowest BCUT2D eigenvalue weighted by Gasteiger charge is -2.07. The van der Waals surface area contributed by atoms with E-state index < -0.39 is 0 Å². The van der Waals surface area contributed by atoms with Crippen molar-refractivity contribution >= 4 is 5.71 Å². The van der Waals surface area contributed by atoms with Gasteiger partial charge in [-0.3, -0.25) is 0 Å². The molecular weight excluding hydrogens is 94.0 g/mol. The highest BCUT2D eigenvalue weighted by atomic mass is 16.5. The molecule has 0 saturated heterocycles. The quantitative estimate of drug-likeness (QED) is 0.352. The first kappa shape index (κ1) is 4.18. The fraction of sp³-hybridized carbons (Fsp3) is 0.250. The van der Waals surface area contributed by atoms with Crippen molar-refractivity contribution in [3.8, 4) is 0 Å². The summed E-state index contributed by atoms with van der Waals surface area (Å²) in [6.07, 6.45) is 1.12. The van der Waals surface area contributed by atoms with E-state index in [0.29, 0.717) is 10.5 Å². The maximum Gasteiger partial charge on any atom is 0.250 e. The molecule has 0 unspecified atom stereocenters. The van der Waals surface area contributed by atoms with Gasteiger partial charge < -0.3 is 10.3 Å². The first-order valence-corrected chi connectivity index (χ1v) is 1.93. The van der Waals surface area contributed by atoms with Crippen LogP contribution in [-0.4, -0.2) is 15.6 Å². The second kappa shape index (κ2) is 0.992. The van der Waals surface area contributed by atoms with Gasteiger partial charge >= 0.3 is 0 Å². The minimum atomic E-state index is 0.0926. The first-order chi connectivity index (χ1) is 3.22. The molecule has 0 bridgehead atoms. The highest BCUT2D eigenvalue weighted by molar-refractivity contribution is 5.94. The third kappa shape index (κ3) is 0.374. The standard InChI is InChI=1S/C4H5NO2/c1-3-4(6)2-5(3)7/h2,6H,1H3. The molecule has 0 aromatic carbocycles. The van der Waals surface area contributed by atoms with Crippen LogP contribution in [-0.2, 0) is 0 Å². The average molecular weight is 99.1 g/mol. The van der Waals surface area contributed by atoms with Gasteiger partial charge in [0.1, 0.15) is 0 Å². The second-order valence-electron chi connectivity index (χ2n) is 1.43. The van der Waals surface area contributed by atoms with Crippen LogP contribution < -0.4 is 0 Å². The normalized spacial score (nSPS) is 18.7. The summed E-state index contributed by atoms with van der Waals surface area (Å²) in [5.74, 6) is 0.0926. The molecule has 0 aromatic heterocycles. The molecule has 0 radical (unpaired) electrons. The van der Waals surface area contributed by atoms with Gasteiger partial charge in [-0.25, -0.2) is 0 Å². The molecule has 1 aliphatic heterocycles. The molecule has 0 aliphatic carbocycles. The summed E-state index contributed by atoms with van der Waals surface area (Å²) in [5.41, 5.74) is 0.389. The summed E-state index contributed by atoms with van der Waals surface area (Å²) < 4.78 is 0.620. The van der Waals surface area contributed by atoms with Crippen LogP contribution in [0.15, 0.2) is 12.0 Å². The molecule has 3 nitrogen and oxygen atoms in total. The van der Waals surface area contributed by atoms with E-state index in [9.17, 15) is 5.21 Å². The average Bonchev–Trinajstić information content (AvgIpc) is 1.68. The maximum atomic E-state index is 10.1. The highest BCUT2D eigenvalue weighted by Gasteiger charge is 2.18. The largest absolute Gasteiger partial charge is 0.618 e. The van der Waals surface area contributed by atoms with E-state index in [-0.39, 0.29) is 5.76 Å². The van der Waals surface area contributed by atoms with Gasteiger partial charge in [0, 0.05) is 6.92 Å². The molecule has 0 spiro atoms. The Morgan fingerprint density at radius 3 is 2.43 bits per heavy atom. The molecule has 1 rings (SSSR count). The third-order valence-electron chi connectivity index (χ3n) is 0.941. The van der Waals surface area contributed by atoms with Gasteiger partial charge in [-0.2, -0.15) is 4.74 Å². The SMILES string of the molecule is CC1=[N+]([O-])C=C1O. The van der Waals surface area contributed by atoms with E-state index in [4.69, 9.17) is 5.11 Å². The van der Waals surface area contributed by atoms with E-state index in [0.717, 1.165) is 6.20 Å². The number of allylic oxidation sites excluding steroid dienone is 1. The van der Waals surface area contributed by atoms with Gasteiger partial charge in [-0.15, -0.1) is 0 Å². The van der Waals surface area contributed by atoms with Crippen LogP contribution in [0, 0.1) is 5.21 Å². The number of rotatable bonds is 0. The minimum absolute atomic E-state index is 0.0926. The Morgan fingerprint density at radius 2 is 2.43 bits per heavy atom. The van der Waals surface area contributed by atoms with Crippen LogP contribution in [0.3, 0.4) is 0 Å². The second-order valence-corrected chi connectivity index (χ2v) is 1.43. The molecule has 1 N–H and O–H groups in total. The van der Waals surface area contributed by atoms with Crippen LogP contribution in [0.1, 0.15) is 6.92 Å². The van der Waals surface area contributed by atoms with Crippen LogP contribution >= 0.6 is 0 Å². The topological polar surface area (TPSA) is 46.3 Å². The Hall–Kier alpha value is -0.990. The zero-order valence-corrected chi connectivity index (χ0v) is 3.88. The molecule has 0 aromatic rings. The van der Waals surface area contributed by atoms with Crippen molar-refractivity contribution in [2.75, 3.05) is 0 Å². The van der Waals surface area contributed by atoms with Gasteiger partial charge in [0.05, 0.1) is 0 Å². The molecule has 0 fully saturated rings. The van der Waals surface area contributed by atoms with Crippen molar-refractivity contribution in [3.63, 3.8) is 0 Å². The fourth-order valence-corrected chi connectivity index (χ4v) is 0.348. The zero-order chi connectivity index (χ0) is 5.44. The van der Waals surface area contributed by atoms with Gasteiger partial charge in [0.2, 0.25) is 11.9 Å². The van der Waals surface area contributed by atoms with Crippen molar-refractivity contribution < 1.29 is 9.85 Å². The van der Waals surface area contributed by atoms with E-state index in [2.05, 4.69) is 0 Å². The van der Waals surface area contributed by atoms with Gasteiger partial charge in [-0.1, -0.05) is 0 Å². The first-order valence-electron chi connectivity index (χ1n) is 1.93. The zero-order valence-electron chi connectivity index (χ0n) is 3.88. The predicted octanol–water partition coefficient (Wildman–Crippen LogP) is 0.371. The fourth-order valence-electron chi connectivity index (χ4n) is 0.348. The van der Waals surface area contributed by atoms with Gasteiger partial charge in [0.25, 0.3) is 5.76 Å². The summed E-state index contributed by atoms with van der Waals surface area (Å²) in [6.45, 7) is 1.56. The van der Waals surface area contributed by atoms with E-state index in [1.165, 1.54) is 0 Å². The number of hydrogen-bond acceptors (Lipinski definition) is 2. The molecule has 1 heterocycles. The van der Waals surface area contributed by atoms with Crippen LogP contribution in [0.4, 0.5) is 0 Å². The van der Waals surface area contributed by atoms with Gasteiger partial charge in [0.15, 0.2) is 0 Å². The van der Waals surface area contributed by atoms with Gasteiger partial charge in [-0.05, 0) is 0 Å².